The first-order valence-electron chi connectivity index (χ1n) is 8.65. The molecular weight excluding hydrogens is 252 g/mol. The van der Waals surface area contributed by atoms with Gasteiger partial charge in [0.05, 0.1) is 0 Å². The van der Waals surface area contributed by atoms with Gasteiger partial charge in [0.25, 0.3) is 0 Å². The highest BCUT2D eigenvalue weighted by atomic mass is 14.4. The smallest absolute Gasteiger partial charge is 0.0149 e. The maximum atomic E-state index is 2.53. The zero-order valence-corrected chi connectivity index (χ0v) is 12.6. The van der Waals surface area contributed by atoms with E-state index in [-0.39, 0.29) is 0 Å². The van der Waals surface area contributed by atoms with Crippen molar-refractivity contribution in [1.82, 2.24) is 0 Å². The molecule has 0 aromatic heterocycles. The van der Waals surface area contributed by atoms with Gasteiger partial charge in [0.15, 0.2) is 0 Å². The first-order valence-corrected chi connectivity index (χ1v) is 8.65. The minimum atomic E-state index is 0.865. The topological polar surface area (TPSA) is 0 Å². The third-order valence-corrected chi connectivity index (χ3v) is 6.11. The Morgan fingerprint density at radius 2 is 1.67 bits per heavy atom. The van der Waals surface area contributed by atoms with Gasteiger partial charge in [-0.25, -0.2) is 0 Å². The lowest BCUT2D eigenvalue weighted by Crippen LogP contribution is -2.05. The Bertz CT molecular complexity index is 710. The summed E-state index contributed by atoms with van der Waals surface area (Å²) in [5.74, 6) is 1.74. The summed E-state index contributed by atoms with van der Waals surface area (Å²) in [6, 6.07) is 14.3. The van der Waals surface area contributed by atoms with Crippen LogP contribution in [0.15, 0.2) is 36.4 Å². The second-order valence-corrected chi connectivity index (χ2v) is 7.20. The van der Waals surface area contributed by atoms with Crippen LogP contribution >= 0.6 is 0 Å². The molecule has 1 fully saturated rings. The molecule has 0 amide bonds. The maximum Gasteiger partial charge on any atom is -0.0149 e. The standard InChI is InChI=1S/C21H22/c1-2-6-18-14(4-1)5-3-7-19(18)17-10-11-20-15-8-9-16(12-15)21(20)13-17/h3,5,7,10-11,13,15-16H,1-2,4,6,8-9,12H2. The van der Waals surface area contributed by atoms with E-state index in [1.807, 2.05) is 0 Å². The highest BCUT2D eigenvalue weighted by Gasteiger charge is 2.36. The van der Waals surface area contributed by atoms with Crippen LogP contribution in [0.3, 0.4) is 0 Å². The number of rotatable bonds is 1. The number of aryl methyl sites for hydroxylation is 1. The summed E-state index contributed by atoms with van der Waals surface area (Å²) in [6.45, 7) is 0. The molecule has 21 heavy (non-hydrogen) atoms. The van der Waals surface area contributed by atoms with Crippen molar-refractivity contribution in [2.45, 2.75) is 56.8 Å². The first kappa shape index (κ1) is 12.0. The Kier molecular flexibility index (Phi) is 2.56. The molecule has 0 radical (unpaired) electrons. The molecule has 2 atom stereocenters. The van der Waals surface area contributed by atoms with E-state index < -0.39 is 0 Å². The quantitative estimate of drug-likeness (QED) is 0.635. The van der Waals surface area contributed by atoms with E-state index in [9.17, 15) is 0 Å². The van der Waals surface area contributed by atoms with Gasteiger partial charge in [-0.1, -0.05) is 36.4 Å². The predicted octanol–water partition coefficient (Wildman–Crippen LogP) is 5.60. The molecule has 1 saturated carbocycles. The molecule has 2 unspecified atom stereocenters. The third kappa shape index (κ3) is 1.75. The molecule has 0 spiro atoms. The molecule has 0 saturated heterocycles. The van der Waals surface area contributed by atoms with Gasteiger partial charge in [0.1, 0.15) is 0 Å². The summed E-state index contributed by atoms with van der Waals surface area (Å²) in [6.07, 6.45) is 9.55. The Balaban J connectivity index is 1.64. The van der Waals surface area contributed by atoms with E-state index >= 15 is 0 Å². The number of hydrogen-bond acceptors (Lipinski definition) is 0. The number of fused-ring (bicyclic) bond motifs is 6. The van der Waals surface area contributed by atoms with Crippen molar-refractivity contribution in [2.75, 3.05) is 0 Å². The zero-order chi connectivity index (χ0) is 13.8. The van der Waals surface area contributed by atoms with Crippen LogP contribution in [-0.2, 0) is 12.8 Å². The molecule has 0 N–H and O–H groups in total. The van der Waals surface area contributed by atoms with E-state index in [4.69, 9.17) is 0 Å². The van der Waals surface area contributed by atoms with Gasteiger partial charge in [-0.05, 0) is 90.2 Å². The van der Waals surface area contributed by atoms with Crippen LogP contribution < -0.4 is 0 Å². The predicted molar refractivity (Wildman–Crippen MR) is 87.9 cm³/mol. The lowest BCUT2D eigenvalue weighted by atomic mass is 9.84. The molecule has 0 heteroatoms. The van der Waals surface area contributed by atoms with E-state index in [1.54, 1.807) is 22.3 Å². The van der Waals surface area contributed by atoms with Crippen molar-refractivity contribution in [3.8, 4) is 11.1 Å². The van der Waals surface area contributed by atoms with Crippen LogP contribution in [0.2, 0.25) is 0 Å². The molecule has 0 heterocycles. The van der Waals surface area contributed by atoms with Gasteiger partial charge in [-0.3, -0.25) is 0 Å². The molecule has 3 aliphatic rings. The van der Waals surface area contributed by atoms with Crippen LogP contribution in [0, 0.1) is 0 Å². The van der Waals surface area contributed by atoms with E-state index in [1.165, 1.54) is 56.1 Å². The first-order chi connectivity index (χ1) is 10.4. The minimum absolute atomic E-state index is 0.865. The van der Waals surface area contributed by atoms with Gasteiger partial charge in [0.2, 0.25) is 0 Å². The number of benzene rings is 2. The van der Waals surface area contributed by atoms with Gasteiger partial charge in [-0.15, -0.1) is 0 Å². The second-order valence-electron chi connectivity index (χ2n) is 7.20. The highest BCUT2D eigenvalue weighted by molar-refractivity contribution is 5.71. The maximum absolute atomic E-state index is 2.53. The van der Waals surface area contributed by atoms with Crippen molar-refractivity contribution in [3.05, 3.63) is 58.7 Å². The SMILES string of the molecule is c1cc2c(c(-c3ccc4c(c3)C3CCC4C3)c1)CCCC2. The Morgan fingerprint density at radius 1 is 0.810 bits per heavy atom. The monoisotopic (exact) mass is 274 g/mol. The average Bonchev–Trinajstić information content (AvgIpc) is 3.16. The van der Waals surface area contributed by atoms with Crippen molar-refractivity contribution in [1.29, 1.82) is 0 Å². The number of hydrogen-bond donors (Lipinski definition) is 0. The van der Waals surface area contributed by atoms with E-state index in [0.29, 0.717) is 0 Å². The normalized spacial score (nSPS) is 25.7. The molecule has 0 aliphatic heterocycles. The summed E-state index contributed by atoms with van der Waals surface area (Å²) < 4.78 is 0. The average molecular weight is 274 g/mol. The van der Waals surface area contributed by atoms with Gasteiger partial charge in [-0.2, -0.15) is 0 Å². The van der Waals surface area contributed by atoms with Crippen LogP contribution in [0.5, 0.6) is 0 Å². The Labute approximate surface area is 127 Å². The molecular formula is C21H22. The molecule has 106 valence electrons. The molecule has 2 aromatic carbocycles. The van der Waals surface area contributed by atoms with Crippen LogP contribution in [0.4, 0.5) is 0 Å². The van der Waals surface area contributed by atoms with E-state index in [2.05, 4.69) is 36.4 Å². The fourth-order valence-electron chi connectivity index (χ4n) is 5.07. The lowest BCUT2D eigenvalue weighted by molar-refractivity contribution is 0.686. The molecule has 5 rings (SSSR count). The summed E-state index contributed by atoms with van der Waals surface area (Å²) in [5.41, 5.74) is 9.56. The largest absolute Gasteiger partial charge is 0.0614 e. The second kappa shape index (κ2) is 4.47. The molecule has 2 aromatic rings. The van der Waals surface area contributed by atoms with E-state index in [0.717, 1.165) is 11.8 Å². The van der Waals surface area contributed by atoms with Crippen molar-refractivity contribution >= 4 is 0 Å². The van der Waals surface area contributed by atoms with Crippen LogP contribution in [0.1, 0.15) is 66.2 Å². The van der Waals surface area contributed by atoms with Gasteiger partial charge >= 0.3 is 0 Å². The van der Waals surface area contributed by atoms with Crippen LogP contribution in [-0.4, -0.2) is 0 Å². The third-order valence-electron chi connectivity index (χ3n) is 6.11. The van der Waals surface area contributed by atoms with Gasteiger partial charge < -0.3 is 0 Å². The lowest BCUT2D eigenvalue weighted by Gasteiger charge is -2.21. The van der Waals surface area contributed by atoms with Crippen molar-refractivity contribution < 1.29 is 0 Å². The van der Waals surface area contributed by atoms with Crippen molar-refractivity contribution in [3.63, 3.8) is 0 Å². The van der Waals surface area contributed by atoms with Crippen LogP contribution in [0.25, 0.3) is 11.1 Å². The Hall–Kier alpha value is -1.56. The minimum Gasteiger partial charge on any atom is -0.0614 e. The molecule has 2 bridgehead atoms. The molecule has 0 nitrogen and oxygen atoms in total. The van der Waals surface area contributed by atoms with Crippen molar-refractivity contribution in [2.24, 2.45) is 0 Å². The fourth-order valence-corrected chi connectivity index (χ4v) is 5.07. The summed E-state index contributed by atoms with van der Waals surface area (Å²) in [7, 11) is 0. The summed E-state index contributed by atoms with van der Waals surface area (Å²) in [4.78, 5) is 0. The summed E-state index contributed by atoms with van der Waals surface area (Å²) >= 11 is 0. The molecule has 3 aliphatic carbocycles. The summed E-state index contributed by atoms with van der Waals surface area (Å²) in [5, 5.41) is 0. The van der Waals surface area contributed by atoms with Gasteiger partial charge in [0, 0.05) is 0 Å². The fraction of sp³-hybridized carbons (Fsp3) is 0.429. The zero-order valence-electron chi connectivity index (χ0n) is 12.6. The highest BCUT2D eigenvalue weighted by Crippen LogP contribution is 2.53. The Morgan fingerprint density at radius 3 is 2.62 bits per heavy atom.